The Labute approximate surface area is 186 Å². The standard InChI is InChI=1S/C24H25N5O3/c1-17-25-14-23(32-17)19-8-7-18(13-22(19)31-2)27-9-11-28(12-10-27)24(30)15-29-16-26-20-5-3-4-6-21(20)29/h3-8,13-14,16H,9-12,15H2,1-2H3. The van der Waals surface area contributed by atoms with Crippen LogP contribution in [0.4, 0.5) is 5.69 Å². The average molecular weight is 431 g/mol. The molecule has 0 N–H and O–H groups in total. The number of carbonyl (C=O) groups excluding carboxylic acids is 1. The summed E-state index contributed by atoms with van der Waals surface area (Å²) in [4.78, 5) is 25.6. The molecule has 3 heterocycles. The maximum absolute atomic E-state index is 12.9. The average Bonchev–Trinajstić information content (AvgIpc) is 3.45. The fraction of sp³-hybridized carbons (Fsp3) is 0.292. The van der Waals surface area contributed by atoms with E-state index >= 15 is 0 Å². The van der Waals surface area contributed by atoms with E-state index in [9.17, 15) is 4.79 Å². The summed E-state index contributed by atoms with van der Waals surface area (Å²) in [7, 11) is 1.66. The van der Waals surface area contributed by atoms with Crippen LogP contribution in [0.3, 0.4) is 0 Å². The Hall–Kier alpha value is -3.81. The van der Waals surface area contributed by atoms with Crippen LogP contribution in [0, 0.1) is 6.92 Å². The van der Waals surface area contributed by atoms with Crippen LogP contribution < -0.4 is 9.64 Å². The van der Waals surface area contributed by atoms with Gasteiger partial charge in [0, 0.05) is 44.9 Å². The minimum Gasteiger partial charge on any atom is -0.496 e. The molecule has 2 aromatic carbocycles. The minimum absolute atomic E-state index is 0.112. The molecule has 0 atom stereocenters. The monoisotopic (exact) mass is 431 g/mol. The minimum atomic E-state index is 0.112. The van der Waals surface area contributed by atoms with E-state index in [4.69, 9.17) is 9.15 Å². The maximum Gasteiger partial charge on any atom is 0.242 e. The quantitative estimate of drug-likeness (QED) is 0.482. The third-order valence-corrected chi connectivity index (χ3v) is 5.90. The number of hydrogen-bond acceptors (Lipinski definition) is 6. The number of ether oxygens (including phenoxy) is 1. The van der Waals surface area contributed by atoms with Crippen LogP contribution in [0.1, 0.15) is 5.89 Å². The molecule has 1 aliphatic heterocycles. The predicted molar refractivity (Wildman–Crippen MR) is 122 cm³/mol. The van der Waals surface area contributed by atoms with Crippen molar-refractivity contribution in [3.63, 3.8) is 0 Å². The lowest BCUT2D eigenvalue weighted by Gasteiger charge is -2.36. The van der Waals surface area contributed by atoms with Gasteiger partial charge in [-0.3, -0.25) is 4.79 Å². The van der Waals surface area contributed by atoms with Gasteiger partial charge in [-0.1, -0.05) is 12.1 Å². The molecular formula is C24H25N5O3. The molecule has 0 aliphatic carbocycles. The number of anilines is 1. The summed E-state index contributed by atoms with van der Waals surface area (Å²) >= 11 is 0. The highest BCUT2D eigenvalue weighted by Crippen LogP contribution is 2.34. The van der Waals surface area contributed by atoms with Gasteiger partial charge in [0.25, 0.3) is 0 Å². The van der Waals surface area contributed by atoms with Gasteiger partial charge in [-0.15, -0.1) is 0 Å². The maximum atomic E-state index is 12.9. The van der Waals surface area contributed by atoms with Crippen molar-refractivity contribution in [2.45, 2.75) is 13.5 Å². The lowest BCUT2D eigenvalue weighted by Crippen LogP contribution is -2.49. The van der Waals surface area contributed by atoms with E-state index in [0.29, 0.717) is 31.3 Å². The molecule has 0 saturated carbocycles. The summed E-state index contributed by atoms with van der Waals surface area (Å²) in [5.41, 5.74) is 3.82. The Balaban J connectivity index is 1.25. The number of imidazole rings is 1. The van der Waals surface area contributed by atoms with Crippen molar-refractivity contribution >= 4 is 22.6 Å². The molecule has 0 bridgehead atoms. The first-order chi connectivity index (χ1) is 15.6. The Kier molecular flexibility index (Phi) is 5.26. The van der Waals surface area contributed by atoms with Gasteiger partial charge >= 0.3 is 0 Å². The number of amides is 1. The predicted octanol–water partition coefficient (Wildman–Crippen LogP) is 3.36. The van der Waals surface area contributed by atoms with Crippen molar-refractivity contribution < 1.29 is 13.9 Å². The van der Waals surface area contributed by atoms with Crippen molar-refractivity contribution in [3.05, 3.63) is 60.9 Å². The fourth-order valence-electron chi connectivity index (χ4n) is 4.16. The van der Waals surface area contributed by atoms with E-state index in [2.05, 4.69) is 20.9 Å². The lowest BCUT2D eigenvalue weighted by molar-refractivity contribution is -0.132. The number of piperazine rings is 1. The summed E-state index contributed by atoms with van der Waals surface area (Å²) in [6.45, 7) is 5.01. The Morgan fingerprint density at radius 2 is 1.91 bits per heavy atom. The highest BCUT2D eigenvalue weighted by molar-refractivity contribution is 5.81. The molecule has 1 amide bonds. The number of methoxy groups -OCH3 is 1. The van der Waals surface area contributed by atoms with E-state index in [1.807, 2.05) is 52.8 Å². The van der Waals surface area contributed by atoms with Crippen molar-refractivity contribution in [2.75, 3.05) is 38.2 Å². The number of oxazole rings is 1. The number of hydrogen-bond donors (Lipinski definition) is 0. The van der Waals surface area contributed by atoms with Crippen molar-refractivity contribution in [2.24, 2.45) is 0 Å². The third-order valence-electron chi connectivity index (χ3n) is 5.90. The number of aromatic nitrogens is 3. The summed E-state index contributed by atoms with van der Waals surface area (Å²) < 4.78 is 13.2. The second-order valence-electron chi connectivity index (χ2n) is 7.86. The highest BCUT2D eigenvalue weighted by Gasteiger charge is 2.23. The zero-order valence-corrected chi connectivity index (χ0v) is 18.2. The lowest BCUT2D eigenvalue weighted by atomic mass is 10.1. The molecule has 5 rings (SSSR count). The molecule has 1 saturated heterocycles. The second kappa shape index (κ2) is 8.37. The smallest absolute Gasteiger partial charge is 0.242 e. The van der Waals surface area contributed by atoms with E-state index in [1.54, 1.807) is 19.6 Å². The molecule has 1 aliphatic rings. The number of nitrogens with zero attached hydrogens (tertiary/aromatic N) is 5. The zero-order valence-electron chi connectivity index (χ0n) is 18.2. The molecule has 0 unspecified atom stereocenters. The summed E-state index contributed by atoms with van der Waals surface area (Å²) in [5.74, 6) is 2.16. The number of rotatable bonds is 5. The summed E-state index contributed by atoms with van der Waals surface area (Å²) in [6, 6.07) is 13.9. The number of aryl methyl sites for hydroxylation is 1. The molecular weight excluding hydrogens is 406 g/mol. The molecule has 164 valence electrons. The van der Waals surface area contributed by atoms with Crippen LogP contribution in [0.25, 0.3) is 22.4 Å². The molecule has 32 heavy (non-hydrogen) atoms. The van der Waals surface area contributed by atoms with Crippen LogP contribution in [0.5, 0.6) is 5.75 Å². The summed E-state index contributed by atoms with van der Waals surface area (Å²) in [5, 5.41) is 0. The van der Waals surface area contributed by atoms with Crippen LogP contribution in [0.15, 0.2) is 59.4 Å². The molecule has 8 nitrogen and oxygen atoms in total. The number of benzene rings is 2. The van der Waals surface area contributed by atoms with E-state index in [0.717, 1.165) is 41.1 Å². The van der Waals surface area contributed by atoms with Crippen molar-refractivity contribution in [3.8, 4) is 17.1 Å². The SMILES string of the molecule is COc1cc(N2CCN(C(=O)Cn3cnc4ccccc43)CC2)ccc1-c1cnc(C)o1. The van der Waals surface area contributed by atoms with Crippen molar-refractivity contribution in [1.82, 2.24) is 19.4 Å². The van der Waals surface area contributed by atoms with Crippen LogP contribution >= 0.6 is 0 Å². The molecule has 0 spiro atoms. The number of para-hydroxylation sites is 2. The molecule has 8 heteroatoms. The molecule has 1 fully saturated rings. The van der Waals surface area contributed by atoms with Gasteiger partial charge in [0.2, 0.25) is 5.91 Å². The zero-order chi connectivity index (χ0) is 22.1. The van der Waals surface area contributed by atoms with Gasteiger partial charge in [0.1, 0.15) is 12.3 Å². The molecule has 2 aromatic heterocycles. The molecule has 0 radical (unpaired) electrons. The first-order valence-corrected chi connectivity index (χ1v) is 10.7. The van der Waals surface area contributed by atoms with Gasteiger partial charge in [0.05, 0.1) is 36.2 Å². The Morgan fingerprint density at radius 3 is 2.66 bits per heavy atom. The summed E-state index contributed by atoms with van der Waals surface area (Å²) in [6.07, 6.45) is 3.45. The van der Waals surface area contributed by atoms with Gasteiger partial charge in [-0.05, 0) is 24.3 Å². The Morgan fingerprint density at radius 1 is 1.09 bits per heavy atom. The van der Waals surface area contributed by atoms with Gasteiger partial charge in [0.15, 0.2) is 11.7 Å². The van der Waals surface area contributed by atoms with Gasteiger partial charge in [-0.2, -0.15) is 0 Å². The highest BCUT2D eigenvalue weighted by atomic mass is 16.5. The van der Waals surface area contributed by atoms with Crippen molar-refractivity contribution in [1.29, 1.82) is 0 Å². The van der Waals surface area contributed by atoms with E-state index in [-0.39, 0.29) is 5.91 Å². The number of fused-ring (bicyclic) bond motifs is 1. The first-order valence-electron chi connectivity index (χ1n) is 10.7. The Bertz CT molecular complexity index is 1250. The van der Waals surface area contributed by atoms with E-state index in [1.165, 1.54) is 0 Å². The first kappa shape index (κ1) is 20.1. The van der Waals surface area contributed by atoms with Crippen LogP contribution in [0.2, 0.25) is 0 Å². The molecule has 4 aromatic rings. The fourth-order valence-corrected chi connectivity index (χ4v) is 4.16. The van der Waals surface area contributed by atoms with Crippen LogP contribution in [-0.4, -0.2) is 58.6 Å². The topological polar surface area (TPSA) is 76.6 Å². The number of carbonyl (C=O) groups is 1. The normalized spacial score (nSPS) is 14.2. The van der Waals surface area contributed by atoms with E-state index < -0.39 is 0 Å². The van der Waals surface area contributed by atoms with Gasteiger partial charge in [-0.25, -0.2) is 9.97 Å². The second-order valence-corrected chi connectivity index (χ2v) is 7.86. The largest absolute Gasteiger partial charge is 0.496 e. The van der Waals surface area contributed by atoms with Gasteiger partial charge < -0.3 is 23.5 Å². The third kappa shape index (κ3) is 3.79. The van der Waals surface area contributed by atoms with Crippen LogP contribution in [-0.2, 0) is 11.3 Å².